The summed E-state index contributed by atoms with van der Waals surface area (Å²) in [4.78, 5) is 12.0. The fourth-order valence-electron chi connectivity index (χ4n) is 1.71. The van der Waals surface area contributed by atoms with E-state index in [1.165, 1.54) is 0 Å². The Hall–Kier alpha value is -1.76. The molecule has 0 aliphatic rings. The van der Waals surface area contributed by atoms with Crippen molar-refractivity contribution in [1.29, 1.82) is 0 Å². The quantitative estimate of drug-likeness (QED) is 0.629. The van der Waals surface area contributed by atoms with Gasteiger partial charge in [0.15, 0.2) is 0 Å². The molecule has 5 heteroatoms. The van der Waals surface area contributed by atoms with Crippen LogP contribution in [0.25, 0.3) is 0 Å². The van der Waals surface area contributed by atoms with Gasteiger partial charge in [-0.2, -0.15) is 0 Å². The lowest BCUT2D eigenvalue weighted by Crippen LogP contribution is -2.23. The van der Waals surface area contributed by atoms with Crippen LogP contribution in [-0.4, -0.2) is 12.5 Å². The summed E-state index contributed by atoms with van der Waals surface area (Å²) in [6.45, 7) is 2.43. The maximum absolute atomic E-state index is 12.0. The number of ether oxygens (including phenoxy) is 1. The number of hydrogen-bond donors (Lipinski definition) is 2. The predicted octanol–water partition coefficient (Wildman–Crippen LogP) is 3.42. The second-order valence-electron chi connectivity index (χ2n) is 4.15. The molecule has 2 aromatic rings. The first-order chi connectivity index (χ1) is 9.61. The molecule has 0 spiro atoms. The van der Waals surface area contributed by atoms with Crippen LogP contribution in [0, 0.1) is 3.57 Å². The number of rotatable bonds is 4. The van der Waals surface area contributed by atoms with Gasteiger partial charge in [0.05, 0.1) is 9.13 Å². The van der Waals surface area contributed by atoms with E-state index in [4.69, 9.17) is 10.5 Å². The molecule has 1 amide bonds. The van der Waals surface area contributed by atoms with Gasteiger partial charge >= 0.3 is 0 Å². The van der Waals surface area contributed by atoms with Crippen LogP contribution in [-0.2, 0) is 0 Å². The van der Waals surface area contributed by atoms with Crippen LogP contribution in [0.5, 0.6) is 11.5 Å². The van der Waals surface area contributed by atoms with Gasteiger partial charge in [-0.25, -0.2) is 0 Å². The molecular formula is C15H15IN2O2. The first-order valence-electron chi connectivity index (χ1n) is 6.22. The molecule has 2 rings (SSSR count). The minimum atomic E-state index is -0.173. The number of benzene rings is 2. The third-order valence-corrected chi connectivity index (χ3v) is 3.54. The van der Waals surface area contributed by atoms with Crippen LogP contribution in [0.15, 0.2) is 42.5 Å². The van der Waals surface area contributed by atoms with Crippen molar-refractivity contribution >= 4 is 34.2 Å². The summed E-state index contributed by atoms with van der Waals surface area (Å²) in [7, 11) is 0. The minimum Gasteiger partial charge on any atom is -0.455 e. The van der Waals surface area contributed by atoms with Gasteiger partial charge < -0.3 is 15.8 Å². The molecule has 0 saturated carbocycles. The van der Waals surface area contributed by atoms with Crippen LogP contribution >= 0.6 is 22.6 Å². The third kappa shape index (κ3) is 3.41. The molecule has 2 aromatic carbocycles. The Morgan fingerprint density at radius 2 is 2.00 bits per heavy atom. The van der Waals surface area contributed by atoms with E-state index in [1.54, 1.807) is 18.2 Å². The van der Waals surface area contributed by atoms with Crippen molar-refractivity contribution in [1.82, 2.24) is 5.32 Å². The lowest BCUT2D eigenvalue weighted by Gasteiger charge is -2.12. The van der Waals surface area contributed by atoms with Crippen molar-refractivity contribution < 1.29 is 9.53 Å². The molecule has 0 fully saturated rings. The highest BCUT2D eigenvalue weighted by molar-refractivity contribution is 14.1. The maximum Gasteiger partial charge on any atom is 0.255 e. The van der Waals surface area contributed by atoms with Gasteiger partial charge in [-0.05, 0) is 53.8 Å². The van der Waals surface area contributed by atoms with Gasteiger partial charge in [-0.1, -0.05) is 12.1 Å². The molecule has 0 atom stereocenters. The zero-order valence-corrected chi connectivity index (χ0v) is 13.2. The van der Waals surface area contributed by atoms with Crippen molar-refractivity contribution in [3.63, 3.8) is 0 Å². The maximum atomic E-state index is 12.0. The SMILES string of the molecule is CCNC(=O)c1ccc(N)cc1Oc1ccccc1I. The summed E-state index contributed by atoms with van der Waals surface area (Å²) in [5.41, 5.74) is 6.81. The molecule has 0 saturated heterocycles. The highest BCUT2D eigenvalue weighted by Crippen LogP contribution is 2.30. The van der Waals surface area contributed by atoms with Crippen LogP contribution in [0.2, 0.25) is 0 Å². The van der Waals surface area contributed by atoms with Gasteiger partial charge in [0.25, 0.3) is 5.91 Å². The van der Waals surface area contributed by atoms with E-state index in [9.17, 15) is 4.79 Å². The number of hydrogen-bond acceptors (Lipinski definition) is 3. The average molecular weight is 382 g/mol. The summed E-state index contributed by atoms with van der Waals surface area (Å²) in [5, 5.41) is 2.76. The second-order valence-corrected chi connectivity index (χ2v) is 5.31. The van der Waals surface area contributed by atoms with Crippen LogP contribution in [0.3, 0.4) is 0 Å². The van der Waals surface area contributed by atoms with Crippen LogP contribution < -0.4 is 15.8 Å². The summed E-state index contributed by atoms with van der Waals surface area (Å²) in [6, 6.07) is 12.6. The summed E-state index contributed by atoms with van der Waals surface area (Å²) >= 11 is 2.18. The highest BCUT2D eigenvalue weighted by atomic mass is 127. The van der Waals surface area contributed by atoms with Gasteiger partial charge in [0.1, 0.15) is 11.5 Å². The Kier molecular flexibility index (Phi) is 4.84. The second kappa shape index (κ2) is 6.60. The lowest BCUT2D eigenvalue weighted by atomic mass is 10.1. The summed E-state index contributed by atoms with van der Waals surface area (Å²) in [6.07, 6.45) is 0. The fraction of sp³-hybridized carbons (Fsp3) is 0.133. The van der Waals surface area contributed by atoms with Crippen molar-refractivity contribution in [2.75, 3.05) is 12.3 Å². The molecule has 20 heavy (non-hydrogen) atoms. The minimum absolute atomic E-state index is 0.173. The molecule has 4 nitrogen and oxygen atoms in total. The Morgan fingerprint density at radius 1 is 1.25 bits per heavy atom. The van der Waals surface area contributed by atoms with Gasteiger partial charge in [-0.15, -0.1) is 0 Å². The van der Waals surface area contributed by atoms with Gasteiger partial charge in [0.2, 0.25) is 0 Å². The standard InChI is InChI=1S/C15H15IN2O2/c1-2-18-15(19)11-8-7-10(17)9-14(11)20-13-6-4-3-5-12(13)16/h3-9H,2,17H2,1H3,(H,18,19). The predicted molar refractivity (Wildman–Crippen MR) is 88.1 cm³/mol. The Bertz CT molecular complexity index is 629. The van der Waals surface area contributed by atoms with E-state index < -0.39 is 0 Å². The van der Waals surface area contributed by atoms with E-state index in [2.05, 4.69) is 27.9 Å². The van der Waals surface area contributed by atoms with Crippen molar-refractivity contribution in [3.8, 4) is 11.5 Å². The van der Waals surface area contributed by atoms with E-state index in [0.717, 1.165) is 3.57 Å². The average Bonchev–Trinajstić information content (AvgIpc) is 2.42. The Labute approximate surface area is 131 Å². The van der Waals surface area contributed by atoms with Crippen molar-refractivity contribution in [2.24, 2.45) is 0 Å². The normalized spacial score (nSPS) is 10.1. The molecule has 0 aliphatic carbocycles. The number of nitrogen functional groups attached to an aromatic ring is 1. The zero-order chi connectivity index (χ0) is 14.5. The molecule has 0 unspecified atom stereocenters. The van der Waals surface area contributed by atoms with E-state index in [-0.39, 0.29) is 5.91 Å². The largest absolute Gasteiger partial charge is 0.455 e. The molecule has 104 valence electrons. The van der Waals surface area contributed by atoms with Crippen molar-refractivity contribution in [3.05, 3.63) is 51.6 Å². The van der Waals surface area contributed by atoms with E-state index >= 15 is 0 Å². The van der Waals surface area contributed by atoms with Crippen LogP contribution in [0.1, 0.15) is 17.3 Å². The van der Waals surface area contributed by atoms with Gasteiger partial charge in [0, 0.05) is 18.3 Å². The molecule has 0 aromatic heterocycles. The smallest absolute Gasteiger partial charge is 0.255 e. The number of carbonyl (C=O) groups is 1. The highest BCUT2D eigenvalue weighted by Gasteiger charge is 2.13. The topological polar surface area (TPSA) is 64.4 Å². The molecule has 0 bridgehead atoms. The molecule has 3 N–H and O–H groups in total. The zero-order valence-electron chi connectivity index (χ0n) is 11.0. The monoisotopic (exact) mass is 382 g/mol. The summed E-state index contributed by atoms with van der Waals surface area (Å²) < 4.78 is 6.81. The van der Waals surface area contributed by atoms with Gasteiger partial charge in [-0.3, -0.25) is 4.79 Å². The first-order valence-corrected chi connectivity index (χ1v) is 7.29. The number of carbonyl (C=O) groups excluding carboxylic acids is 1. The van der Waals surface area contributed by atoms with E-state index in [0.29, 0.717) is 29.3 Å². The number of halogens is 1. The fourth-order valence-corrected chi connectivity index (χ4v) is 2.21. The Morgan fingerprint density at radius 3 is 2.70 bits per heavy atom. The number of para-hydroxylation sites is 1. The molecular weight excluding hydrogens is 367 g/mol. The van der Waals surface area contributed by atoms with Crippen molar-refractivity contribution in [2.45, 2.75) is 6.92 Å². The Balaban J connectivity index is 2.37. The van der Waals surface area contributed by atoms with E-state index in [1.807, 2.05) is 31.2 Å². The molecule has 0 aliphatic heterocycles. The first kappa shape index (κ1) is 14.6. The number of amides is 1. The molecule has 0 heterocycles. The number of nitrogens with two attached hydrogens (primary N) is 1. The number of anilines is 1. The summed E-state index contributed by atoms with van der Waals surface area (Å²) in [5.74, 6) is 0.984. The lowest BCUT2D eigenvalue weighted by molar-refractivity contribution is 0.0953. The third-order valence-electron chi connectivity index (χ3n) is 2.64. The molecule has 0 radical (unpaired) electrons. The van der Waals surface area contributed by atoms with Crippen LogP contribution in [0.4, 0.5) is 5.69 Å². The number of nitrogens with one attached hydrogen (secondary N) is 1.